The first-order valence-electron chi connectivity index (χ1n) is 8.48. The van der Waals surface area contributed by atoms with Gasteiger partial charge in [-0.1, -0.05) is 0 Å². The van der Waals surface area contributed by atoms with Crippen molar-refractivity contribution in [3.63, 3.8) is 0 Å². The predicted octanol–water partition coefficient (Wildman–Crippen LogP) is 5.94. The Morgan fingerprint density at radius 3 is 1.36 bits per heavy atom. The number of rotatable bonds is 8. The van der Waals surface area contributed by atoms with E-state index >= 15 is 0 Å². The molecule has 0 saturated carbocycles. The van der Waals surface area contributed by atoms with E-state index < -0.39 is 5.96 Å². The Morgan fingerprint density at radius 2 is 1.05 bits per heavy atom. The first-order valence-corrected chi connectivity index (χ1v) is 12.0. The van der Waals surface area contributed by atoms with E-state index in [0.717, 1.165) is 12.3 Å². The molecule has 0 fully saturated rings. The number of hydrogen-bond acceptors (Lipinski definition) is 0. The Hall–Kier alpha value is -0.840. The Bertz CT molecular complexity index is 513. The molecule has 0 N–H and O–H groups in total. The maximum absolute atomic E-state index is 7.74. The summed E-state index contributed by atoms with van der Waals surface area (Å²) in [4.78, 5) is 0. The van der Waals surface area contributed by atoms with Crippen LogP contribution in [0.2, 0.25) is 0 Å². The molecular formula is C20H28ClP. The minimum absolute atomic E-state index is 1.11. The number of hydrogen-bond donors (Lipinski definition) is 0. The van der Waals surface area contributed by atoms with Gasteiger partial charge in [-0.3, -0.25) is 0 Å². The van der Waals surface area contributed by atoms with E-state index in [4.69, 9.17) is 11.2 Å². The standard InChI is InChI=1S/C20H28ClP/c1-3-5-17-22(21,18-6-4-2,19-13-9-7-10-14-19)20-15-11-8-12-16-20/h7-16H,3-6,17-18H2,1-2H3. The van der Waals surface area contributed by atoms with Gasteiger partial charge in [0.05, 0.1) is 0 Å². The van der Waals surface area contributed by atoms with Crippen LogP contribution in [0.25, 0.3) is 0 Å². The molecule has 0 atom stereocenters. The summed E-state index contributed by atoms with van der Waals surface area (Å²) < 4.78 is 0. The molecule has 0 amide bonds. The molecule has 0 aliphatic carbocycles. The fraction of sp³-hybridized carbons (Fsp3) is 0.400. The molecule has 2 heteroatoms. The number of benzene rings is 2. The molecule has 2 rings (SSSR count). The molecule has 2 aromatic rings. The molecule has 0 unspecified atom stereocenters. The van der Waals surface area contributed by atoms with Crippen LogP contribution in [-0.4, -0.2) is 12.3 Å². The Labute approximate surface area is 140 Å². The van der Waals surface area contributed by atoms with Gasteiger partial charge >= 0.3 is 140 Å². The van der Waals surface area contributed by atoms with Crippen LogP contribution in [0.4, 0.5) is 0 Å². The SMILES string of the molecule is CCCCP(Cl)(CCCC)(c1ccccc1)c1ccccc1. The Balaban J connectivity index is 2.63. The molecule has 0 bridgehead atoms. The molecular weight excluding hydrogens is 307 g/mol. The fourth-order valence-corrected chi connectivity index (χ4v) is 9.90. The molecule has 0 aliphatic rings. The first-order chi connectivity index (χ1) is 10.6. The van der Waals surface area contributed by atoms with E-state index in [1.165, 1.54) is 36.3 Å². The van der Waals surface area contributed by atoms with Crippen LogP contribution in [0.3, 0.4) is 0 Å². The molecule has 0 aliphatic heterocycles. The zero-order valence-corrected chi connectivity index (χ0v) is 15.5. The van der Waals surface area contributed by atoms with Crippen molar-refractivity contribution >= 4 is 27.8 Å². The summed E-state index contributed by atoms with van der Waals surface area (Å²) in [6, 6.07) is 21.7. The van der Waals surface area contributed by atoms with Gasteiger partial charge in [-0.2, -0.15) is 0 Å². The second-order valence-corrected chi connectivity index (χ2v) is 13.3. The monoisotopic (exact) mass is 334 g/mol. The van der Waals surface area contributed by atoms with Gasteiger partial charge in [0.25, 0.3) is 0 Å². The molecule has 0 saturated heterocycles. The number of unbranched alkanes of at least 4 members (excludes halogenated alkanes) is 2. The van der Waals surface area contributed by atoms with E-state index in [9.17, 15) is 0 Å². The van der Waals surface area contributed by atoms with Gasteiger partial charge in [0, 0.05) is 0 Å². The molecule has 2 aromatic carbocycles. The summed E-state index contributed by atoms with van der Waals surface area (Å²) in [6.45, 7) is 4.52. The van der Waals surface area contributed by atoms with Gasteiger partial charge in [-0.25, -0.2) is 0 Å². The van der Waals surface area contributed by atoms with Gasteiger partial charge in [0.1, 0.15) is 0 Å². The van der Waals surface area contributed by atoms with Crippen molar-refractivity contribution in [3.8, 4) is 0 Å². The average Bonchev–Trinajstić information content (AvgIpc) is 2.60. The third-order valence-electron chi connectivity index (χ3n) is 4.65. The molecule has 120 valence electrons. The summed E-state index contributed by atoms with van der Waals surface area (Å²) in [5.74, 6) is -2.62. The quantitative estimate of drug-likeness (QED) is 0.524. The molecule has 22 heavy (non-hydrogen) atoms. The molecule has 0 heterocycles. The van der Waals surface area contributed by atoms with Crippen molar-refractivity contribution < 1.29 is 0 Å². The van der Waals surface area contributed by atoms with Crippen LogP contribution in [-0.2, 0) is 0 Å². The van der Waals surface area contributed by atoms with Crippen LogP contribution in [0.1, 0.15) is 39.5 Å². The molecule has 0 radical (unpaired) electrons. The van der Waals surface area contributed by atoms with E-state index in [1.807, 2.05) is 0 Å². The minimum atomic E-state index is -2.62. The van der Waals surface area contributed by atoms with Crippen molar-refractivity contribution in [3.05, 3.63) is 60.7 Å². The fourth-order valence-electron chi connectivity index (χ4n) is 3.29. The summed E-state index contributed by atoms with van der Waals surface area (Å²) in [5, 5.41) is 2.73. The first kappa shape index (κ1) is 17.5. The third kappa shape index (κ3) is 3.39. The normalized spacial score (nSPS) is 13.5. The van der Waals surface area contributed by atoms with Gasteiger partial charge < -0.3 is 0 Å². The molecule has 0 nitrogen and oxygen atoms in total. The third-order valence-corrected chi connectivity index (χ3v) is 12.3. The van der Waals surface area contributed by atoms with E-state index in [2.05, 4.69) is 74.5 Å². The summed E-state index contributed by atoms with van der Waals surface area (Å²) in [7, 11) is 0. The predicted molar refractivity (Wildman–Crippen MR) is 104 cm³/mol. The van der Waals surface area contributed by atoms with Crippen molar-refractivity contribution in [1.82, 2.24) is 0 Å². The van der Waals surface area contributed by atoms with Crippen LogP contribution in [0.5, 0.6) is 0 Å². The zero-order chi connectivity index (χ0) is 15.9. The summed E-state index contributed by atoms with van der Waals surface area (Å²) >= 11 is 7.74. The van der Waals surface area contributed by atoms with E-state index in [1.54, 1.807) is 0 Å². The van der Waals surface area contributed by atoms with Gasteiger partial charge in [-0.05, 0) is 0 Å². The topological polar surface area (TPSA) is 0 Å². The maximum atomic E-state index is 7.74. The zero-order valence-electron chi connectivity index (χ0n) is 13.8. The summed E-state index contributed by atoms with van der Waals surface area (Å²) in [6.07, 6.45) is 6.98. The average molecular weight is 335 g/mol. The van der Waals surface area contributed by atoms with Crippen molar-refractivity contribution in [1.29, 1.82) is 0 Å². The number of halogens is 1. The van der Waals surface area contributed by atoms with Crippen molar-refractivity contribution in [2.75, 3.05) is 12.3 Å². The van der Waals surface area contributed by atoms with Crippen LogP contribution >= 0.6 is 17.2 Å². The van der Waals surface area contributed by atoms with Gasteiger partial charge in [0.15, 0.2) is 0 Å². The molecule has 0 aromatic heterocycles. The van der Waals surface area contributed by atoms with E-state index in [0.29, 0.717) is 0 Å². The van der Waals surface area contributed by atoms with Gasteiger partial charge in [0.2, 0.25) is 0 Å². The Morgan fingerprint density at radius 1 is 0.682 bits per heavy atom. The summed E-state index contributed by atoms with van der Waals surface area (Å²) in [5.41, 5.74) is 0. The van der Waals surface area contributed by atoms with Crippen LogP contribution in [0.15, 0.2) is 60.7 Å². The second kappa shape index (κ2) is 7.62. The molecule has 0 spiro atoms. The van der Waals surface area contributed by atoms with Crippen LogP contribution in [0, 0.1) is 0 Å². The van der Waals surface area contributed by atoms with Crippen molar-refractivity contribution in [2.45, 2.75) is 39.5 Å². The second-order valence-electron chi connectivity index (χ2n) is 6.20. The Kier molecular flexibility index (Phi) is 6.07. The van der Waals surface area contributed by atoms with Crippen LogP contribution < -0.4 is 10.6 Å². The van der Waals surface area contributed by atoms with Gasteiger partial charge in [-0.15, -0.1) is 0 Å². The van der Waals surface area contributed by atoms with Crippen molar-refractivity contribution in [2.24, 2.45) is 0 Å². The van der Waals surface area contributed by atoms with E-state index in [-0.39, 0.29) is 0 Å².